The Bertz CT molecular complexity index is 462. The lowest BCUT2D eigenvalue weighted by Crippen LogP contribution is -2.41. The fraction of sp³-hybridized carbons (Fsp3) is 0.462. The fourth-order valence-corrected chi connectivity index (χ4v) is 1.84. The number of hydrogen-bond acceptors (Lipinski definition) is 4. The van der Waals surface area contributed by atoms with Crippen LogP contribution in [0.25, 0.3) is 0 Å². The van der Waals surface area contributed by atoms with Crippen molar-refractivity contribution in [2.24, 2.45) is 11.1 Å². The first-order chi connectivity index (χ1) is 8.99. The standard InChI is InChI=1S/C13H19N3O3/c1-3-13(4-2,8-14)12(19)16-10-5-9(11(17)18)6-15-7-10/h5-7H,3-4,8,14H2,1-2H3,(H,16,19)(H,17,18). The molecule has 4 N–H and O–H groups in total. The van der Waals surface area contributed by atoms with E-state index in [0.29, 0.717) is 18.5 Å². The average molecular weight is 265 g/mol. The Hall–Kier alpha value is -1.95. The number of nitrogens with two attached hydrogens (primary N) is 1. The first-order valence-electron chi connectivity index (χ1n) is 6.19. The lowest BCUT2D eigenvalue weighted by atomic mass is 9.81. The van der Waals surface area contributed by atoms with Gasteiger partial charge in [-0.05, 0) is 18.9 Å². The molecule has 1 aromatic heterocycles. The summed E-state index contributed by atoms with van der Waals surface area (Å²) in [5.74, 6) is -1.29. The molecule has 104 valence electrons. The van der Waals surface area contributed by atoms with E-state index in [-0.39, 0.29) is 18.0 Å². The summed E-state index contributed by atoms with van der Waals surface area (Å²) in [6, 6.07) is 1.37. The van der Waals surface area contributed by atoms with Crippen molar-refractivity contribution in [2.45, 2.75) is 26.7 Å². The zero-order valence-electron chi connectivity index (χ0n) is 11.1. The number of pyridine rings is 1. The van der Waals surface area contributed by atoms with E-state index in [0.717, 1.165) is 0 Å². The molecule has 0 saturated carbocycles. The van der Waals surface area contributed by atoms with Crippen LogP contribution in [0.15, 0.2) is 18.5 Å². The SMILES string of the molecule is CCC(CC)(CN)C(=O)Nc1cncc(C(=O)O)c1. The first kappa shape index (κ1) is 15.1. The van der Waals surface area contributed by atoms with Crippen LogP contribution >= 0.6 is 0 Å². The summed E-state index contributed by atoms with van der Waals surface area (Å²) in [4.78, 5) is 26.9. The van der Waals surface area contributed by atoms with Crippen molar-refractivity contribution in [3.63, 3.8) is 0 Å². The summed E-state index contributed by atoms with van der Waals surface area (Å²) in [5, 5.41) is 11.6. The van der Waals surface area contributed by atoms with Gasteiger partial charge < -0.3 is 16.2 Å². The Morgan fingerprint density at radius 3 is 2.47 bits per heavy atom. The summed E-state index contributed by atoms with van der Waals surface area (Å²) in [6.07, 6.45) is 3.89. The van der Waals surface area contributed by atoms with Crippen LogP contribution in [0.5, 0.6) is 0 Å². The van der Waals surface area contributed by atoms with Gasteiger partial charge in [0.15, 0.2) is 0 Å². The average Bonchev–Trinajstić information content (AvgIpc) is 2.41. The molecule has 1 heterocycles. The van der Waals surface area contributed by atoms with Crippen LogP contribution in [0, 0.1) is 5.41 Å². The number of anilines is 1. The molecule has 0 aliphatic rings. The van der Waals surface area contributed by atoms with Gasteiger partial charge in [0.2, 0.25) is 5.91 Å². The van der Waals surface area contributed by atoms with Gasteiger partial charge in [-0.3, -0.25) is 9.78 Å². The smallest absolute Gasteiger partial charge is 0.337 e. The van der Waals surface area contributed by atoms with Gasteiger partial charge in [0.05, 0.1) is 22.9 Å². The Labute approximate surface area is 112 Å². The number of carboxylic acid groups (broad SMARTS) is 1. The third kappa shape index (κ3) is 3.29. The molecular formula is C13H19N3O3. The minimum Gasteiger partial charge on any atom is -0.478 e. The molecule has 0 saturated heterocycles. The second-order valence-corrected chi connectivity index (χ2v) is 4.41. The third-order valence-corrected chi connectivity index (χ3v) is 3.47. The van der Waals surface area contributed by atoms with Crippen molar-refractivity contribution < 1.29 is 14.7 Å². The number of aromatic nitrogens is 1. The Morgan fingerprint density at radius 1 is 1.37 bits per heavy atom. The molecular weight excluding hydrogens is 246 g/mol. The molecule has 6 nitrogen and oxygen atoms in total. The summed E-state index contributed by atoms with van der Waals surface area (Å²) in [7, 11) is 0. The van der Waals surface area contributed by atoms with Crippen molar-refractivity contribution in [2.75, 3.05) is 11.9 Å². The highest BCUT2D eigenvalue weighted by molar-refractivity contribution is 5.96. The number of nitrogens with zero attached hydrogens (tertiary/aromatic N) is 1. The third-order valence-electron chi connectivity index (χ3n) is 3.47. The monoisotopic (exact) mass is 265 g/mol. The molecule has 0 aliphatic heterocycles. The predicted octanol–water partition coefficient (Wildman–Crippen LogP) is 1.48. The molecule has 1 amide bonds. The van der Waals surface area contributed by atoms with Gasteiger partial charge in [0.25, 0.3) is 0 Å². The zero-order chi connectivity index (χ0) is 14.5. The van der Waals surface area contributed by atoms with Crippen LogP contribution in [-0.4, -0.2) is 28.5 Å². The summed E-state index contributed by atoms with van der Waals surface area (Å²) < 4.78 is 0. The summed E-state index contributed by atoms with van der Waals surface area (Å²) >= 11 is 0. The van der Waals surface area contributed by atoms with Crippen molar-refractivity contribution in [1.82, 2.24) is 4.98 Å². The van der Waals surface area contributed by atoms with Crippen molar-refractivity contribution in [1.29, 1.82) is 0 Å². The van der Waals surface area contributed by atoms with Crippen LogP contribution in [0.2, 0.25) is 0 Å². The molecule has 0 bridgehead atoms. The number of nitrogens with one attached hydrogen (secondary N) is 1. The molecule has 6 heteroatoms. The minimum atomic E-state index is -1.08. The van der Waals surface area contributed by atoms with E-state index >= 15 is 0 Å². The minimum absolute atomic E-state index is 0.0316. The number of carbonyl (C=O) groups is 2. The molecule has 0 spiro atoms. The molecule has 0 aliphatic carbocycles. The van der Waals surface area contributed by atoms with E-state index in [4.69, 9.17) is 10.8 Å². The molecule has 0 radical (unpaired) electrons. The van der Waals surface area contributed by atoms with Crippen LogP contribution in [0.4, 0.5) is 5.69 Å². The molecule has 0 unspecified atom stereocenters. The molecule has 1 rings (SSSR count). The summed E-state index contributed by atoms with van der Waals surface area (Å²) in [5.41, 5.74) is 5.46. The fourth-order valence-electron chi connectivity index (χ4n) is 1.84. The maximum absolute atomic E-state index is 12.2. The van der Waals surface area contributed by atoms with Gasteiger partial charge in [0, 0.05) is 12.7 Å². The highest BCUT2D eigenvalue weighted by atomic mass is 16.4. The normalized spacial score (nSPS) is 11.1. The molecule has 0 fully saturated rings. The number of carbonyl (C=O) groups excluding carboxylic acids is 1. The Balaban J connectivity index is 2.93. The highest BCUT2D eigenvalue weighted by Gasteiger charge is 2.33. The van der Waals surface area contributed by atoms with Gasteiger partial charge in [0.1, 0.15) is 0 Å². The van der Waals surface area contributed by atoms with E-state index in [1.165, 1.54) is 18.5 Å². The summed E-state index contributed by atoms with van der Waals surface area (Å²) in [6.45, 7) is 4.06. The quantitative estimate of drug-likeness (QED) is 0.722. The van der Waals surface area contributed by atoms with E-state index < -0.39 is 11.4 Å². The molecule has 0 aromatic carbocycles. The van der Waals surface area contributed by atoms with Gasteiger partial charge >= 0.3 is 5.97 Å². The van der Waals surface area contributed by atoms with Crippen LogP contribution < -0.4 is 11.1 Å². The largest absolute Gasteiger partial charge is 0.478 e. The Morgan fingerprint density at radius 2 is 2.00 bits per heavy atom. The maximum atomic E-state index is 12.2. The highest BCUT2D eigenvalue weighted by Crippen LogP contribution is 2.26. The first-order valence-corrected chi connectivity index (χ1v) is 6.19. The van der Waals surface area contributed by atoms with Gasteiger partial charge in [-0.25, -0.2) is 4.79 Å². The second-order valence-electron chi connectivity index (χ2n) is 4.41. The number of amides is 1. The van der Waals surface area contributed by atoms with Crippen molar-refractivity contribution in [3.05, 3.63) is 24.0 Å². The van der Waals surface area contributed by atoms with Crippen molar-refractivity contribution in [3.8, 4) is 0 Å². The number of carboxylic acids is 1. The number of hydrogen-bond donors (Lipinski definition) is 3. The van der Waals surface area contributed by atoms with E-state index in [9.17, 15) is 9.59 Å². The molecule has 19 heavy (non-hydrogen) atoms. The van der Waals surface area contributed by atoms with Gasteiger partial charge in [-0.2, -0.15) is 0 Å². The lowest BCUT2D eigenvalue weighted by molar-refractivity contribution is -0.125. The second kappa shape index (κ2) is 6.29. The maximum Gasteiger partial charge on any atom is 0.337 e. The van der Waals surface area contributed by atoms with Gasteiger partial charge in [-0.15, -0.1) is 0 Å². The lowest BCUT2D eigenvalue weighted by Gasteiger charge is -2.28. The number of rotatable bonds is 6. The van der Waals surface area contributed by atoms with E-state index in [1.54, 1.807) is 0 Å². The van der Waals surface area contributed by atoms with E-state index in [2.05, 4.69) is 10.3 Å². The topological polar surface area (TPSA) is 105 Å². The van der Waals surface area contributed by atoms with Crippen LogP contribution in [-0.2, 0) is 4.79 Å². The van der Waals surface area contributed by atoms with Gasteiger partial charge in [-0.1, -0.05) is 13.8 Å². The van der Waals surface area contributed by atoms with Crippen LogP contribution in [0.3, 0.4) is 0 Å². The van der Waals surface area contributed by atoms with Crippen molar-refractivity contribution >= 4 is 17.6 Å². The Kier molecular flexibility index (Phi) is 5.00. The zero-order valence-corrected chi connectivity index (χ0v) is 11.1. The van der Waals surface area contributed by atoms with E-state index in [1.807, 2.05) is 13.8 Å². The molecule has 0 atom stereocenters. The molecule has 1 aromatic rings. The predicted molar refractivity (Wildman–Crippen MR) is 71.9 cm³/mol. The van der Waals surface area contributed by atoms with Crippen LogP contribution in [0.1, 0.15) is 37.0 Å². The number of aromatic carboxylic acids is 1.